The van der Waals surface area contributed by atoms with Gasteiger partial charge in [0.1, 0.15) is 12.0 Å². The highest BCUT2D eigenvalue weighted by Crippen LogP contribution is 2.13. The number of hydrogen-bond acceptors (Lipinski definition) is 4. The first-order valence-electron chi connectivity index (χ1n) is 8.59. The van der Waals surface area contributed by atoms with Crippen LogP contribution in [0, 0.1) is 6.92 Å². The number of carbonyl (C=O) groups is 2. The molecular weight excluding hydrogens is 318 g/mol. The van der Waals surface area contributed by atoms with E-state index in [1.807, 2.05) is 0 Å². The molecule has 0 aliphatic carbocycles. The SMILES string of the molecule is Cc1cc(C(=O)Nc2ccc(C(=O)NCCN3CCCC3)cc2)co1. The van der Waals surface area contributed by atoms with Crippen LogP contribution in [-0.2, 0) is 0 Å². The minimum Gasteiger partial charge on any atom is -0.469 e. The maximum Gasteiger partial charge on any atom is 0.258 e. The van der Waals surface area contributed by atoms with Crippen molar-refractivity contribution in [3.05, 3.63) is 53.5 Å². The molecule has 0 atom stereocenters. The molecule has 6 heteroatoms. The number of amides is 2. The van der Waals surface area contributed by atoms with Crippen LogP contribution in [0.3, 0.4) is 0 Å². The van der Waals surface area contributed by atoms with Crippen molar-refractivity contribution >= 4 is 17.5 Å². The van der Waals surface area contributed by atoms with Crippen LogP contribution in [0.4, 0.5) is 5.69 Å². The fourth-order valence-electron chi connectivity index (χ4n) is 2.91. The molecule has 0 bridgehead atoms. The van der Waals surface area contributed by atoms with E-state index < -0.39 is 0 Å². The first-order valence-corrected chi connectivity index (χ1v) is 8.59. The van der Waals surface area contributed by atoms with E-state index in [1.165, 1.54) is 19.1 Å². The van der Waals surface area contributed by atoms with Crippen LogP contribution in [0.1, 0.15) is 39.3 Å². The molecular formula is C19H23N3O3. The van der Waals surface area contributed by atoms with E-state index in [4.69, 9.17) is 4.42 Å². The number of carbonyl (C=O) groups excluding carboxylic acids is 2. The zero-order valence-corrected chi connectivity index (χ0v) is 14.4. The van der Waals surface area contributed by atoms with Gasteiger partial charge >= 0.3 is 0 Å². The van der Waals surface area contributed by atoms with Gasteiger partial charge in [0.2, 0.25) is 0 Å². The van der Waals surface area contributed by atoms with Crippen LogP contribution in [0.2, 0.25) is 0 Å². The van der Waals surface area contributed by atoms with Crippen molar-refractivity contribution in [2.45, 2.75) is 19.8 Å². The minimum absolute atomic E-state index is 0.0949. The number of anilines is 1. The average Bonchev–Trinajstić information content (AvgIpc) is 3.27. The van der Waals surface area contributed by atoms with Gasteiger partial charge < -0.3 is 20.0 Å². The summed E-state index contributed by atoms with van der Waals surface area (Å²) in [6, 6.07) is 8.54. The van der Waals surface area contributed by atoms with Gasteiger partial charge in [-0.2, -0.15) is 0 Å². The zero-order valence-electron chi connectivity index (χ0n) is 14.4. The lowest BCUT2D eigenvalue weighted by molar-refractivity contribution is 0.0949. The number of rotatable bonds is 6. The van der Waals surface area contributed by atoms with Gasteiger partial charge in [0, 0.05) is 24.3 Å². The van der Waals surface area contributed by atoms with E-state index in [0.717, 1.165) is 19.6 Å². The lowest BCUT2D eigenvalue weighted by atomic mass is 10.2. The highest BCUT2D eigenvalue weighted by Gasteiger charge is 2.12. The van der Waals surface area contributed by atoms with Gasteiger partial charge in [0.15, 0.2) is 0 Å². The van der Waals surface area contributed by atoms with Crippen LogP contribution in [0.15, 0.2) is 41.0 Å². The highest BCUT2D eigenvalue weighted by molar-refractivity contribution is 6.04. The molecule has 0 saturated carbocycles. The maximum atomic E-state index is 12.1. The number of benzene rings is 1. The molecule has 3 rings (SSSR count). The van der Waals surface area contributed by atoms with Gasteiger partial charge in [-0.3, -0.25) is 9.59 Å². The van der Waals surface area contributed by atoms with Crippen LogP contribution < -0.4 is 10.6 Å². The Bertz CT molecular complexity index is 731. The van der Waals surface area contributed by atoms with Crippen molar-refractivity contribution in [2.75, 3.05) is 31.5 Å². The van der Waals surface area contributed by atoms with Crippen molar-refractivity contribution in [3.8, 4) is 0 Å². The van der Waals surface area contributed by atoms with E-state index in [2.05, 4.69) is 15.5 Å². The quantitative estimate of drug-likeness (QED) is 0.847. The standard InChI is InChI=1S/C19H23N3O3/c1-14-12-16(13-25-14)19(24)21-17-6-4-15(5-7-17)18(23)20-8-11-22-9-2-3-10-22/h4-7,12-13H,2-3,8-11H2,1H3,(H,20,23)(H,21,24). The third-order valence-corrected chi connectivity index (χ3v) is 4.31. The number of likely N-dealkylation sites (tertiary alicyclic amines) is 1. The summed E-state index contributed by atoms with van der Waals surface area (Å²) in [6.45, 7) is 5.58. The number of nitrogens with one attached hydrogen (secondary N) is 2. The largest absolute Gasteiger partial charge is 0.469 e. The molecule has 0 unspecified atom stereocenters. The predicted molar refractivity (Wildman–Crippen MR) is 95.8 cm³/mol. The number of aryl methyl sites for hydroxylation is 1. The van der Waals surface area contributed by atoms with Gasteiger partial charge in [0.05, 0.1) is 5.56 Å². The van der Waals surface area contributed by atoms with Crippen molar-refractivity contribution in [3.63, 3.8) is 0 Å². The first-order chi connectivity index (χ1) is 12.1. The third kappa shape index (κ3) is 4.70. The first kappa shape index (κ1) is 17.2. The number of furan rings is 1. The zero-order chi connectivity index (χ0) is 17.6. The van der Waals surface area contributed by atoms with Crippen molar-refractivity contribution in [2.24, 2.45) is 0 Å². The lowest BCUT2D eigenvalue weighted by Gasteiger charge is -2.14. The summed E-state index contributed by atoms with van der Waals surface area (Å²) in [4.78, 5) is 26.6. The van der Waals surface area contributed by atoms with E-state index >= 15 is 0 Å². The van der Waals surface area contributed by atoms with Gasteiger partial charge in [0.25, 0.3) is 11.8 Å². The molecule has 132 valence electrons. The van der Waals surface area contributed by atoms with Crippen molar-refractivity contribution < 1.29 is 14.0 Å². The Morgan fingerprint density at radius 2 is 1.80 bits per heavy atom. The molecule has 6 nitrogen and oxygen atoms in total. The van der Waals surface area contributed by atoms with E-state index in [0.29, 0.717) is 29.1 Å². The molecule has 0 radical (unpaired) electrons. The third-order valence-electron chi connectivity index (χ3n) is 4.31. The Labute approximate surface area is 147 Å². The summed E-state index contributed by atoms with van der Waals surface area (Å²) in [7, 11) is 0. The Balaban J connectivity index is 1.49. The van der Waals surface area contributed by atoms with Crippen LogP contribution >= 0.6 is 0 Å². The molecule has 1 aliphatic rings. The molecule has 2 aromatic rings. The number of hydrogen-bond donors (Lipinski definition) is 2. The second-order valence-corrected chi connectivity index (χ2v) is 6.28. The van der Waals surface area contributed by atoms with E-state index in [1.54, 1.807) is 37.3 Å². The molecule has 1 saturated heterocycles. The molecule has 0 spiro atoms. The van der Waals surface area contributed by atoms with Gasteiger partial charge in [-0.25, -0.2) is 0 Å². The fourth-order valence-corrected chi connectivity index (χ4v) is 2.91. The normalized spacial score (nSPS) is 14.4. The summed E-state index contributed by atoms with van der Waals surface area (Å²) in [6.07, 6.45) is 3.92. The Kier molecular flexibility index (Phi) is 5.50. The monoisotopic (exact) mass is 341 g/mol. The second kappa shape index (κ2) is 7.98. The smallest absolute Gasteiger partial charge is 0.258 e. The summed E-state index contributed by atoms with van der Waals surface area (Å²) in [5, 5.41) is 5.71. The molecule has 1 aromatic heterocycles. The Hall–Kier alpha value is -2.60. The summed E-state index contributed by atoms with van der Waals surface area (Å²) in [5.74, 6) is 0.355. The van der Waals surface area contributed by atoms with Crippen LogP contribution in [0.25, 0.3) is 0 Å². The maximum absolute atomic E-state index is 12.1. The van der Waals surface area contributed by atoms with Crippen molar-refractivity contribution in [1.29, 1.82) is 0 Å². The predicted octanol–water partition coefficient (Wildman–Crippen LogP) is 2.67. The van der Waals surface area contributed by atoms with Gasteiger partial charge in [-0.1, -0.05) is 0 Å². The van der Waals surface area contributed by atoms with Gasteiger partial charge in [-0.05, 0) is 63.2 Å². The Morgan fingerprint density at radius 3 is 2.44 bits per heavy atom. The molecule has 2 N–H and O–H groups in total. The summed E-state index contributed by atoms with van der Waals surface area (Å²) < 4.78 is 5.13. The average molecular weight is 341 g/mol. The summed E-state index contributed by atoms with van der Waals surface area (Å²) in [5.41, 5.74) is 1.69. The fraction of sp³-hybridized carbons (Fsp3) is 0.368. The molecule has 25 heavy (non-hydrogen) atoms. The van der Waals surface area contributed by atoms with Gasteiger partial charge in [-0.15, -0.1) is 0 Å². The molecule has 1 aromatic carbocycles. The molecule has 2 heterocycles. The molecule has 1 fully saturated rings. The molecule has 2 amide bonds. The molecule has 1 aliphatic heterocycles. The highest BCUT2D eigenvalue weighted by atomic mass is 16.3. The Morgan fingerprint density at radius 1 is 1.08 bits per heavy atom. The van der Waals surface area contributed by atoms with Crippen LogP contribution in [0.5, 0.6) is 0 Å². The van der Waals surface area contributed by atoms with E-state index in [-0.39, 0.29) is 11.8 Å². The lowest BCUT2D eigenvalue weighted by Crippen LogP contribution is -2.33. The summed E-state index contributed by atoms with van der Waals surface area (Å²) >= 11 is 0. The second-order valence-electron chi connectivity index (χ2n) is 6.28. The minimum atomic E-state index is -0.236. The van der Waals surface area contributed by atoms with Crippen molar-refractivity contribution in [1.82, 2.24) is 10.2 Å². The van der Waals surface area contributed by atoms with Crippen LogP contribution in [-0.4, -0.2) is 42.9 Å². The number of nitrogens with zero attached hydrogens (tertiary/aromatic N) is 1. The van der Waals surface area contributed by atoms with E-state index in [9.17, 15) is 9.59 Å². The topological polar surface area (TPSA) is 74.6 Å².